The first-order chi connectivity index (χ1) is 16.3. The normalized spacial score (nSPS) is 17.2. The van der Waals surface area contributed by atoms with Crippen LogP contribution in [0.5, 0.6) is 0 Å². The van der Waals surface area contributed by atoms with E-state index < -0.39 is 30.0 Å². The molecule has 0 aromatic carbocycles. The van der Waals surface area contributed by atoms with E-state index in [9.17, 15) is 23.8 Å². The number of aromatic nitrogens is 4. The highest BCUT2D eigenvalue weighted by Crippen LogP contribution is 2.36. The number of halogens is 2. The molecular formula is C22H22F2N6O4. The van der Waals surface area contributed by atoms with Gasteiger partial charge in [0.05, 0.1) is 18.7 Å². The van der Waals surface area contributed by atoms with Crippen molar-refractivity contribution in [3.63, 3.8) is 0 Å². The molecule has 178 valence electrons. The second kappa shape index (κ2) is 10.1. The monoisotopic (exact) mass is 472 g/mol. The Morgan fingerprint density at radius 2 is 2.03 bits per heavy atom. The summed E-state index contributed by atoms with van der Waals surface area (Å²) in [6.07, 6.45) is 1.79. The highest BCUT2D eigenvalue weighted by atomic mass is 19.1. The van der Waals surface area contributed by atoms with Gasteiger partial charge in [-0.25, -0.2) is 14.4 Å². The van der Waals surface area contributed by atoms with Crippen molar-refractivity contribution in [2.24, 2.45) is 5.73 Å². The quantitative estimate of drug-likeness (QED) is 0.294. The first-order valence-electron chi connectivity index (χ1n) is 10.5. The van der Waals surface area contributed by atoms with Crippen LogP contribution in [0.2, 0.25) is 0 Å². The number of nitrogens with two attached hydrogens (primary N) is 1. The zero-order chi connectivity index (χ0) is 24.2. The van der Waals surface area contributed by atoms with Crippen LogP contribution in [0.3, 0.4) is 0 Å². The SMILES string of the molecule is NC(Cc1nc(-c2ccc(F)cn2)no1)C(=O)NC1=C(C(O)O)CC(c2ccc(F)nc2)CC1. The average molecular weight is 472 g/mol. The molecule has 34 heavy (non-hydrogen) atoms. The Morgan fingerprint density at radius 1 is 1.21 bits per heavy atom. The maximum absolute atomic E-state index is 13.1. The van der Waals surface area contributed by atoms with Crippen molar-refractivity contribution >= 4 is 5.91 Å². The van der Waals surface area contributed by atoms with Gasteiger partial charge in [0.25, 0.3) is 0 Å². The Labute approximate surface area is 192 Å². The fraction of sp³-hybridized carbons (Fsp3) is 0.318. The number of hydrogen-bond donors (Lipinski definition) is 4. The van der Waals surface area contributed by atoms with E-state index >= 15 is 0 Å². The predicted octanol–water partition coefficient (Wildman–Crippen LogP) is 1.32. The number of hydrogen-bond acceptors (Lipinski definition) is 9. The van der Waals surface area contributed by atoms with Gasteiger partial charge in [-0.15, -0.1) is 0 Å². The maximum atomic E-state index is 13.1. The number of carbonyl (C=O) groups excluding carboxylic acids is 1. The molecule has 0 bridgehead atoms. The van der Waals surface area contributed by atoms with Crippen LogP contribution in [0.25, 0.3) is 11.5 Å². The molecule has 12 heteroatoms. The average Bonchev–Trinajstić information content (AvgIpc) is 3.28. The number of amides is 1. The number of carbonyl (C=O) groups is 1. The van der Waals surface area contributed by atoms with Crippen LogP contribution < -0.4 is 11.1 Å². The van der Waals surface area contributed by atoms with Gasteiger partial charge in [0.15, 0.2) is 6.29 Å². The summed E-state index contributed by atoms with van der Waals surface area (Å²) in [7, 11) is 0. The van der Waals surface area contributed by atoms with Gasteiger partial charge in [-0.2, -0.15) is 9.37 Å². The fourth-order valence-electron chi connectivity index (χ4n) is 3.76. The second-order valence-electron chi connectivity index (χ2n) is 7.90. The van der Waals surface area contributed by atoms with Gasteiger partial charge in [0.2, 0.25) is 23.6 Å². The molecule has 0 aliphatic heterocycles. The van der Waals surface area contributed by atoms with Crippen molar-refractivity contribution in [3.8, 4) is 11.5 Å². The van der Waals surface area contributed by atoms with Gasteiger partial charge < -0.3 is 25.8 Å². The Morgan fingerprint density at radius 3 is 2.71 bits per heavy atom. The number of allylic oxidation sites excluding steroid dienone is 1. The lowest BCUT2D eigenvalue weighted by Crippen LogP contribution is -2.43. The third kappa shape index (κ3) is 5.47. The molecule has 0 saturated heterocycles. The molecule has 4 rings (SSSR count). The number of nitrogens with zero attached hydrogens (tertiary/aromatic N) is 4. The van der Waals surface area contributed by atoms with E-state index in [1.807, 2.05) is 0 Å². The standard InChI is InChI=1S/C22H22F2N6O4/c23-13-3-5-17(26-10-13)20-29-19(34-30-20)8-15(25)21(31)28-16-4-1-11(7-14(16)22(32)33)12-2-6-18(24)27-9-12/h2-3,5-6,9-11,15,22,32-33H,1,4,7-8,25H2,(H,28,31). The van der Waals surface area contributed by atoms with E-state index in [2.05, 4.69) is 25.4 Å². The smallest absolute Gasteiger partial charge is 0.241 e. The summed E-state index contributed by atoms with van der Waals surface area (Å²) in [5, 5.41) is 26.1. The molecule has 3 aromatic rings. The molecule has 10 nitrogen and oxygen atoms in total. The molecule has 0 radical (unpaired) electrons. The number of pyridine rings is 2. The zero-order valence-corrected chi connectivity index (χ0v) is 17.9. The van der Waals surface area contributed by atoms with E-state index in [-0.39, 0.29) is 36.0 Å². The molecule has 2 atom stereocenters. The summed E-state index contributed by atoms with van der Waals surface area (Å²) in [6, 6.07) is 4.40. The predicted molar refractivity (Wildman–Crippen MR) is 113 cm³/mol. The molecule has 0 fully saturated rings. The highest BCUT2D eigenvalue weighted by molar-refractivity contribution is 5.83. The lowest BCUT2D eigenvalue weighted by Gasteiger charge is -2.29. The topological polar surface area (TPSA) is 160 Å². The van der Waals surface area contributed by atoms with E-state index in [1.54, 1.807) is 6.07 Å². The van der Waals surface area contributed by atoms with Gasteiger partial charge in [0, 0.05) is 17.5 Å². The molecule has 0 saturated carbocycles. The van der Waals surface area contributed by atoms with Crippen molar-refractivity contribution in [1.29, 1.82) is 0 Å². The lowest BCUT2D eigenvalue weighted by molar-refractivity contribution is -0.121. The highest BCUT2D eigenvalue weighted by Gasteiger charge is 2.28. The third-order valence-corrected chi connectivity index (χ3v) is 5.56. The number of nitrogens with one attached hydrogen (secondary N) is 1. The summed E-state index contributed by atoms with van der Waals surface area (Å²) in [5.74, 6) is -1.54. The first-order valence-corrected chi connectivity index (χ1v) is 10.5. The van der Waals surface area contributed by atoms with Gasteiger partial charge in [-0.05, 0) is 48.9 Å². The minimum absolute atomic E-state index is 0.0752. The van der Waals surface area contributed by atoms with Crippen LogP contribution in [-0.4, -0.2) is 48.6 Å². The summed E-state index contributed by atoms with van der Waals surface area (Å²) >= 11 is 0. The van der Waals surface area contributed by atoms with Crippen LogP contribution in [-0.2, 0) is 11.2 Å². The van der Waals surface area contributed by atoms with Crippen molar-refractivity contribution in [2.75, 3.05) is 0 Å². The van der Waals surface area contributed by atoms with E-state index in [0.717, 1.165) is 11.8 Å². The number of aliphatic hydroxyl groups excluding tert-OH is 1. The Hall–Kier alpha value is -3.61. The molecule has 1 aliphatic rings. The Kier molecular flexibility index (Phi) is 7.01. The molecule has 3 heterocycles. The Balaban J connectivity index is 1.41. The molecule has 0 spiro atoms. The Bertz CT molecular complexity index is 1180. The fourth-order valence-corrected chi connectivity index (χ4v) is 3.76. The van der Waals surface area contributed by atoms with Crippen LogP contribution in [0.15, 0.2) is 52.5 Å². The number of aliphatic hydroxyl groups is 2. The minimum atomic E-state index is -1.77. The summed E-state index contributed by atoms with van der Waals surface area (Å²) < 4.78 is 31.2. The molecule has 1 aliphatic carbocycles. The van der Waals surface area contributed by atoms with Gasteiger partial charge in [-0.3, -0.25) is 4.79 Å². The maximum Gasteiger partial charge on any atom is 0.241 e. The van der Waals surface area contributed by atoms with Crippen molar-refractivity contribution in [3.05, 3.63) is 71.1 Å². The van der Waals surface area contributed by atoms with Crippen LogP contribution in [0, 0.1) is 11.8 Å². The molecule has 3 aromatic heterocycles. The first kappa shape index (κ1) is 23.5. The third-order valence-electron chi connectivity index (χ3n) is 5.56. The van der Waals surface area contributed by atoms with Crippen LogP contribution >= 0.6 is 0 Å². The summed E-state index contributed by atoms with van der Waals surface area (Å²) in [6.45, 7) is 0. The number of rotatable bonds is 7. The van der Waals surface area contributed by atoms with E-state index in [1.165, 1.54) is 24.4 Å². The van der Waals surface area contributed by atoms with Crippen molar-refractivity contribution < 1.29 is 28.3 Å². The van der Waals surface area contributed by atoms with Crippen LogP contribution in [0.1, 0.15) is 36.6 Å². The molecular weight excluding hydrogens is 450 g/mol. The minimum Gasteiger partial charge on any atom is -0.365 e. The summed E-state index contributed by atoms with van der Waals surface area (Å²) in [4.78, 5) is 24.3. The van der Waals surface area contributed by atoms with Crippen molar-refractivity contribution in [2.45, 2.75) is 43.9 Å². The molecule has 1 amide bonds. The van der Waals surface area contributed by atoms with Gasteiger partial charge in [0.1, 0.15) is 11.5 Å². The molecule has 5 N–H and O–H groups in total. The van der Waals surface area contributed by atoms with Crippen LogP contribution in [0.4, 0.5) is 8.78 Å². The second-order valence-corrected chi connectivity index (χ2v) is 7.90. The largest absolute Gasteiger partial charge is 0.365 e. The van der Waals surface area contributed by atoms with Gasteiger partial charge in [-0.1, -0.05) is 11.2 Å². The summed E-state index contributed by atoms with van der Waals surface area (Å²) in [5.41, 5.74) is 7.69. The van der Waals surface area contributed by atoms with E-state index in [4.69, 9.17) is 10.3 Å². The zero-order valence-electron chi connectivity index (χ0n) is 17.9. The van der Waals surface area contributed by atoms with E-state index in [0.29, 0.717) is 24.2 Å². The lowest BCUT2D eigenvalue weighted by atomic mass is 9.82. The molecule has 2 unspecified atom stereocenters. The van der Waals surface area contributed by atoms with Gasteiger partial charge >= 0.3 is 0 Å². The van der Waals surface area contributed by atoms with Crippen molar-refractivity contribution in [1.82, 2.24) is 25.4 Å².